The SMILES string of the molecule is CN1CC(=O)N(C[C@@H]2NC(N)=[N+]3CC(N(C)C(=O)c4cccc5c4CCCC5)C(O)(O)[C@@]34NC(N)=N[C@@H]24)C1=O. The predicted octanol–water partition coefficient (Wildman–Crippen LogP) is -3.12. The number of nitrogens with two attached hydrogens (primary N) is 2. The third kappa shape index (κ3) is 3.44. The Morgan fingerprint density at radius 3 is 2.72 bits per heavy atom. The molecule has 0 saturated carbocycles. The van der Waals surface area contributed by atoms with Crippen molar-refractivity contribution in [3.8, 4) is 0 Å². The van der Waals surface area contributed by atoms with Gasteiger partial charge in [0, 0.05) is 19.7 Å². The van der Waals surface area contributed by atoms with Crippen molar-refractivity contribution in [2.75, 3.05) is 33.7 Å². The number of carbonyl (C=O) groups is 3. The Morgan fingerprint density at radius 2 is 2.00 bits per heavy atom. The fraction of sp³-hybridized carbons (Fsp3) is 0.560. The third-order valence-corrected chi connectivity index (χ3v) is 8.86. The molecule has 0 radical (unpaired) electrons. The van der Waals surface area contributed by atoms with E-state index in [4.69, 9.17) is 11.5 Å². The van der Waals surface area contributed by atoms with Crippen LogP contribution in [0.25, 0.3) is 0 Å². The summed E-state index contributed by atoms with van der Waals surface area (Å²) in [6.07, 6.45) is 3.76. The van der Waals surface area contributed by atoms with E-state index in [9.17, 15) is 24.6 Å². The molecule has 14 nitrogen and oxygen atoms in total. The Bertz CT molecular complexity index is 1340. The zero-order valence-corrected chi connectivity index (χ0v) is 21.9. The summed E-state index contributed by atoms with van der Waals surface area (Å²) in [5.74, 6) is -3.27. The number of nitrogens with one attached hydrogen (secondary N) is 2. The number of aliphatic hydroxyl groups is 2. The van der Waals surface area contributed by atoms with Crippen molar-refractivity contribution in [1.29, 1.82) is 0 Å². The predicted molar refractivity (Wildman–Crippen MR) is 138 cm³/mol. The summed E-state index contributed by atoms with van der Waals surface area (Å²) in [5.41, 5.74) is 13.4. The molecule has 2 saturated heterocycles. The summed E-state index contributed by atoms with van der Waals surface area (Å²) in [5, 5.41) is 29.7. The minimum Gasteiger partial charge on any atom is -0.370 e. The largest absolute Gasteiger partial charge is 0.370 e. The summed E-state index contributed by atoms with van der Waals surface area (Å²) >= 11 is 0. The van der Waals surface area contributed by atoms with Crippen molar-refractivity contribution in [2.45, 2.75) is 55.3 Å². The number of aliphatic imine (C=N–C) groups is 1. The molecule has 8 N–H and O–H groups in total. The van der Waals surface area contributed by atoms with Gasteiger partial charge in [0.2, 0.25) is 17.4 Å². The van der Waals surface area contributed by atoms with Gasteiger partial charge in [0.25, 0.3) is 5.91 Å². The van der Waals surface area contributed by atoms with Gasteiger partial charge in [-0.05, 0) is 42.9 Å². The van der Waals surface area contributed by atoms with E-state index in [-0.39, 0.29) is 43.4 Å². The molecular weight excluding hydrogens is 506 g/mol. The Labute approximate surface area is 224 Å². The highest BCUT2D eigenvalue weighted by Crippen LogP contribution is 2.43. The van der Waals surface area contributed by atoms with Gasteiger partial charge in [0.15, 0.2) is 5.96 Å². The molecule has 2 fully saturated rings. The molecule has 1 aliphatic carbocycles. The zero-order chi connectivity index (χ0) is 27.9. The van der Waals surface area contributed by atoms with E-state index in [1.165, 1.54) is 28.5 Å². The third-order valence-electron chi connectivity index (χ3n) is 8.86. The van der Waals surface area contributed by atoms with E-state index in [0.29, 0.717) is 5.56 Å². The molecule has 0 bridgehead atoms. The van der Waals surface area contributed by atoms with E-state index < -0.39 is 35.6 Å². The van der Waals surface area contributed by atoms with Crippen molar-refractivity contribution in [3.63, 3.8) is 0 Å². The topological polar surface area (TPSA) is 193 Å². The molecule has 39 heavy (non-hydrogen) atoms. The monoisotopic (exact) mass is 540 g/mol. The molecule has 4 aliphatic heterocycles. The molecule has 5 aliphatic rings. The maximum Gasteiger partial charge on any atom is 0.346 e. The normalized spacial score (nSPS) is 30.9. The molecule has 0 aromatic heterocycles. The van der Waals surface area contributed by atoms with Crippen LogP contribution in [-0.4, -0.2) is 123 Å². The number of urea groups is 1. The average molecular weight is 541 g/mol. The number of hydrogen-bond donors (Lipinski definition) is 6. The second-order valence-corrected chi connectivity index (χ2v) is 11.0. The molecule has 6 rings (SSSR count). The molecule has 208 valence electrons. The van der Waals surface area contributed by atoms with Crippen LogP contribution in [0.4, 0.5) is 4.79 Å². The first-order valence-electron chi connectivity index (χ1n) is 13.1. The standard InChI is InChI=1S/C25H33N9O5/c1-31-12-18(35)33(23(31)37)10-16-19-24(30-21(26)29-19)25(38,39)17(11-34(24)22(27)28-16)32(2)20(36)15-9-5-7-13-6-3-4-8-14(13)15/h5,7,9,16-17,19,38-39H,3-4,6,8,10-12H2,1-2H3,(H5,26,27,28,29,30)/p+1/t16-,17?,19-,24-/m0/s1. The highest BCUT2D eigenvalue weighted by molar-refractivity contribution is 6.02. The lowest BCUT2D eigenvalue weighted by Crippen LogP contribution is -2.79. The summed E-state index contributed by atoms with van der Waals surface area (Å²) in [7, 11) is 3.06. The fourth-order valence-corrected chi connectivity index (χ4v) is 6.89. The van der Waals surface area contributed by atoms with Gasteiger partial charge in [-0.1, -0.05) is 12.1 Å². The molecule has 1 unspecified atom stereocenters. The number of hydrogen-bond acceptors (Lipinski definition) is 10. The van der Waals surface area contributed by atoms with E-state index >= 15 is 0 Å². The lowest BCUT2D eigenvalue weighted by atomic mass is 9.84. The first kappa shape index (κ1) is 25.4. The second-order valence-electron chi connectivity index (χ2n) is 11.0. The maximum absolute atomic E-state index is 13.8. The Kier molecular flexibility index (Phi) is 5.56. The fourth-order valence-electron chi connectivity index (χ4n) is 6.89. The highest BCUT2D eigenvalue weighted by atomic mass is 16.5. The van der Waals surface area contributed by atoms with Crippen molar-refractivity contribution in [1.82, 2.24) is 25.3 Å². The number of nitrogens with zero attached hydrogens (tertiary/aromatic N) is 5. The lowest BCUT2D eigenvalue weighted by Gasteiger charge is -2.44. The quantitative estimate of drug-likeness (QED) is 0.130. The minimum atomic E-state index is -2.58. The molecule has 1 aromatic carbocycles. The average Bonchev–Trinajstić information content (AvgIpc) is 3.47. The van der Waals surface area contributed by atoms with Gasteiger partial charge in [-0.25, -0.2) is 14.4 Å². The number of amides is 4. The zero-order valence-electron chi connectivity index (χ0n) is 21.9. The van der Waals surface area contributed by atoms with Gasteiger partial charge in [-0.2, -0.15) is 0 Å². The van der Waals surface area contributed by atoms with Crippen LogP contribution in [0.5, 0.6) is 0 Å². The van der Waals surface area contributed by atoms with Crippen molar-refractivity contribution >= 4 is 29.8 Å². The van der Waals surface area contributed by atoms with Crippen LogP contribution < -0.4 is 22.1 Å². The van der Waals surface area contributed by atoms with E-state index in [1.807, 2.05) is 12.1 Å². The Balaban J connectivity index is 1.35. The number of fused-ring (bicyclic) bond motifs is 1. The smallest absolute Gasteiger partial charge is 0.346 e. The number of likely N-dealkylation sites (N-methyl/N-ethyl adjacent to an activating group) is 2. The summed E-state index contributed by atoms with van der Waals surface area (Å²) in [6, 6.07) is 2.31. The van der Waals surface area contributed by atoms with Gasteiger partial charge in [0.1, 0.15) is 24.7 Å². The summed E-state index contributed by atoms with van der Waals surface area (Å²) < 4.78 is 1.52. The molecule has 4 atom stereocenters. The van der Waals surface area contributed by atoms with Crippen LogP contribution in [0.15, 0.2) is 23.2 Å². The molecule has 4 heterocycles. The highest BCUT2D eigenvalue weighted by Gasteiger charge is 2.76. The number of benzene rings is 1. The van der Waals surface area contributed by atoms with Crippen LogP contribution in [0.3, 0.4) is 0 Å². The molecule has 1 aromatic rings. The molecule has 1 spiro atoms. The maximum atomic E-state index is 13.8. The van der Waals surface area contributed by atoms with Crippen molar-refractivity contribution < 1.29 is 29.2 Å². The molecular formula is C25H34N9O5+. The van der Waals surface area contributed by atoms with Gasteiger partial charge in [-0.15, -0.1) is 0 Å². The number of carbonyl (C=O) groups excluding carboxylic acids is 3. The second kappa shape index (κ2) is 8.55. The van der Waals surface area contributed by atoms with Gasteiger partial charge < -0.3 is 31.1 Å². The van der Waals surface area contributed by atoms with Crippen LogP contribution in [0, 0.1) is 0 Å². The van der Waals surface area contributed by atoms with Gasteiger partial charge in [-0.3, -0.25) is 25.5 Å². The summed E-state index contributed by atoms with van der Waals surface area (Å²) in [4.78, 5) is 47.0. The van der Waals surface area contributed by atoms with Gasteiger partial charge >= 0.3 is 12.0 Å². The Hall–Kier alpha value is -3.91. The van der Waals surface area contributed by atoms with Crippen LogP contribution in [0.2, 0.25) is 0 Å². The summed E-state index contributed by atoms with van der Waals surface area (Å²) in [6.45, 7) is -0.210. The van der Waals surface area contributed by atoms with E-state index in [1.54, 1.807) is 6.07 Å². The number of imide groups is 1. The van der Waals surface area contributed by atoms with Crippen LogP contribution in [0.1, 0.15) is 34.3 Å². The first-order chi connectivity index (χ1) is 18.5. The van der Waals surface area contributed by atoms with E-state index in [2.05, 4.69) is 15.6 Å². The first-order valence-corrected chi connectivity index (χ1v) is 13.1. The van der Waals surface area contributed by atoms with Crippen molar-refractivity contribution in [2.24, 2.45) is 16.5 Å². The number of aryl methyl sites for hydroxylation is 1. The number of rotatable bonds is 4. The number of guanidine groups is 2. The minimum absolute atomic E-state index is 0.0353. The van der Waals surface area contributed by atoms with Crippen LogP contribution in [-0.2, 0) is 17.6 Å². The molecule has 4 amide bonds. The van der Waals surface area contributed by atoms with Gasteiger partial charge in [0.05, 0.1) is 13.1 Å². The Morgan fingerprint density at radius 1 is 1.26 bits per heavy atom. The lowest BCUT2D eigenvalue weighted by molar-refractivity contribution is -0.623. The van der Waals surface area contributed by atoms with Crippen LogP contribution >= 0.6 is 0 Å². The molecule has 14 heteroatoms. The van der Waals surface area contributed by atoms with E-state index in [0.717, 1.165) is 41.7 Å². The van der Waals surface area contributed by atoms with Crippen molar-refractivity contribution in [3.05, 3.63) is 34.9 Å².